The second-order valence-corrected chi connectivity index (χ2v) is 6.10. The van der Waals surface area contributed by atoms with Crippen molar-refractivity contribution in [3.05, 3.63) is 35.4 Å². The Morgan fingerprint density at radius 3 is 2.05 bits per heavy atom. The van der Waals surface area contributed by atoms with Crippen LogP contribution < -0.4 is 5.32 Å². The number of carbonyl (C=O) groups excluding carboxylic acids is 2. The van der Waals surface area contributed by atoms with Gasteiger partial charge in [-0.05, 0) is 30.0 Å². The summed E-state index contributed by atoms with van der Waals surface area (Å²) in [6.45, 7) is 7.49. The molecule has 0 saturated carbocycles. The summed E-state index contributed by atoms with van der Waals surface area (Å²) in [6, 6.07) is 5.80. The molecule has 0 bridgehead atoms. The molecule has 21 heavy (non-hydrogen) atoms. The number of carboxylic acid groups (broad SMARTS) is 1. The molecule has 0 aromatic heterocycles. The smallest absolute Gasteiger partial charge is 0.326 e. The minimum atomic E-state index is -1.22. The molecule has 0 radical (unpaired) electrons. The van der Waals surface area contributed by atoms with E-state index in [0.29, 0.717) is 5.56 Å². The van der Waals surface area contributed by atoms with Gasteiger partial charge >= 0.3 is 5.97 Å². The lowest BCUT2D eigenvalue weighted by atomic mass is 9.86. The summed E-state index contributed by atoms with van der Waals surface area (Å²) in [5.41, 5.74) is 1.43. The van der Waals surface area contributed by atoms with E-state index in [-0.39, 0.29) is 17.6 Å². The molecule has 1 atom stereocenters. The van der Waals surface area contributed by atoms with E-state index in [4.69, 9.17) is 5.11 Å². The maximum atomic E-state index is 12.0. The molecule has 0 spiro atoms. The lowest BCUT2D eigenvalue weighted by Gasteiger charge is -2.19. The number of carbonyl (C=O) groups is 3. The number of Topliss-reactive ketones (excluding diaryl/α,β-unsaturated/α-hetero) is 1. The summed E-state index contributed by atoms with van der Waals surface area (Å²) in [5, 5.41) is 11.4. The van der Waals surface area contributed by atoms with Gasteiger partial charge in [0.2, 0.25) is 0 Å². The summed E-state index contributed by atoms with van der Waals surface area (Å²) >= 11 is 0. The van der Waals surface area contributed by atoms with Crippen molar-refractivity contribution in [2.24, 2.45) is 0 Å². The fourth-order valence-electron chi connectivity index (χ4n) is 1.85. The Morgan fingerprint density at radius 2 is 1.67 bits per heavy atom. The first-order valence-electron chi connectivity index (χ1n) is 6.75. The Hall–Kier alpha value is -2.17. The lowest BCUT2D eigenvalue weighted by molar-refractivity contribution is -0.140. The first-order chi connectivity index (χ1) is 9.61. The number of benzene rings is 1. The van der Waals surface area contributed by atoms with Gasteiger partial charge in [0.05, 0.1) is 0 Å². The van der Waals surface area contributed by atoms with Crippen LogP contribution in [0.2, 0.25) is 0 Å². The third-order valence-corrected chi connectivity index (χ3v) is 3.11. The first kappa shape index (κ1) is 16.9. The van der Waals surface area contributed by atoms with Crippen molar-refractivity contribution in [1.29, 1.82) is 0 Å². The van der Waals surface area contributed by atoms with Crippen molar-refractivity contribution in [2.75, 3.05) is 0 Å². The summed E-state index contributed by atoms with van der Waals surface area (Å²) < 4.78 is 0. The zero-order valence-corrected chi connectivity index (χ0v) is 12.8. The minimum Gasteiger partial charge on any atom is -0.480 e. The van der Waals surface area contributed by atoms with Crippen LogP contribution in [0.4, 0.5) is 0 Å². The molecule has 1 unspecified atom stereocenters. The monoisotopic (exact) mass is 291 g/mol. The van der Waals surface area contributed by atoms with Crippen LogP contribution in [0.1, 0.15) is 50.0 Å². The molecule has 0 heterocycles. The van der Waals surface area contributed by atoms with E-state index in [1.165, 1.54) is 6.92 Å². The highest BCUT2D eigenvalue weighted by Gasteiger charge is 2.22. The number of nitrogens with one attached hydrogen (secondary N) is 1. The van der Waals surface area contributed by atoms with Gasteiger partial charge in [0.1, 0.15) is 11.8 Å². The van der Waals surface area contributed by atoms with Crippen molar-refractivity contribution in [3.63, 3.8) is 0 Å². The van der Waals surface area contributed by atoms with Crippen molar-refractivity contribution < 1.29 is 19.5 Å². The molecule has 0 aliphatic carbocycles. The van der Waals surface area contributed by atoms with Crippen molar-refractivity contribution in [2.45, 2.75) is 45.6 Å². The molecule has 114 valence electrons. The summed E-state index contributed by atoms with van der Waals surface area (Å²) in [7, 11) is 0. The summed E-state index contributed by atoms with van der Waals surface area (Å²) in [5.74, 6) is -2.00. The van der Waals surface area contributed by atoms with Crippen LogP contribution in [0.3, 0.4) is 0 Å². The molecule has 0 aliphatic heterocycles. The molecule has 0 saturated heterocycles. The van der Waals surface area contributed by atoms with Crippen LogP contribution in [0, 0.1) is 0 Å². The molecule has 1 aromatic rings. The highest BCUT2D eigenvalue weighted by atomic mass is 16.4. The van der Waals surface area contributed by atoms with Gasteiger partial charge in [-0.15, -0.1) is 0 Å². The fraction of sp³-hybridized carbons (Fsp3) is 0.438. The van der Waals surface area contributed by atoms with Crippen LogP contribution >= 0.6 is 0 Å². The van der Waals surface area contributed by atoms with Crippen molar-refractivity contribution >= 4 is 17.7 Å². The highest BCUT2D eigenvalue weighted by Crippen LogP contribution is 2.22. The Labute approximate surface area is 124 Å². The van der Waals surface area contributed by atoms with Gasteiger partial charge in [-0.3, -0.25) is 9.59 Å². The predicted molar refractivity (Wildman–Crippen MR) is 79.3 cm³/mol. The average molecular weight is 291 g/mol. The molecular formula is C16H21NO4. The van der Waals surface area contributed by atoms with Crippen LogP contribution in [-0.2, 0) is 15.0 Å². The van der Waals surface area contributed by atoms with E-state index in [2.05, 4.69) is 26.1 Å². The van der Waals surface area contributed by atoms with Crippen LogP contribution in [0.15, 0.2) is 24.3 Å². The molecule has 5 heteroatoms. The van der Waals surface area contributed by atoms with Gasteiger partial charge in [-0.1, -0.05) is 32.9 Å². The zero-order valence-electron chi connectivity index (χ0n) is 12.8. The van der Waals surface area contributed by atoms with E-state index in [1.54, 1.807) is 12.1 Å². The topological polar surface area (TPSA) is 83.5 Å². The van der Waals surface area contributed by atoms with E-state index in [9.17, 15) is 14.4 Å². The van der Waals surface area contributed by atoms with E-state index >= 15 is 0 Å². The number of ketones is 1. The molecule has 0 fully saturated rings. The lowest BCUT2D eigenvalue weighted by Crippen LogP contribution is -2.41. The van der Waals surface area contributed by atoms with E-state index < -0.39 is 17.9 Å². The normalized spacial score (nSPS) is 12.6. The van der Waals surface area contributed by atoms with Crippen LogP contribution in [0.25, 0.3) is 0 Å². The van der Waals surface area contributed by atoms with Crippen LogP contribution in [0.5, 0.6) is 0 Å². The van der Waals surface area contributed by atoms with Gasteiger partial charge < -0.3 is 10.4 Å². The Kier molecular flexibility index (Phi) is 5.24. The zero-order chi connectivity index (χ0) is 16.2. The second-order valence-electron chi connectivity index (χ2n) is 6.10. The maximum Gasteiger partial charge on any atom is 0.326 e. The van der Waals surface area contributed by atoms with E-state index in [0.717, 1.165) is 5.56 Å². The van der Waals surface area contributed by atoms with Gasteiger partial charge in [0, 0.05) is 12.0 Å². The minimum absolute atomic E-state index is 0.0206. The highest BCUT2D eigenvalue weighted by molar-refractivity contribution is 5.97. The number of rotatable bonds is 5. The number of amides is 1. The molecule has 0 aliphatic rings. The quantitative estimate of drug-likeness (QED) is 0.870. The van der Waals surface area contributed by atoms with Gasteiger partial charge in [-0.2, -0.15) is 0 Å². The largest absolute Gasteiger partial charge is 0.480 e. The number of carboxylic acids is 1. The molecular weight excluding hydrogens is 270 g/mol. The number of aliphatic carboxylic acids is 1. The Balaban J connectivity index is 2.83. The van der Waals surface area contributed by atoms with Gasteiger partial charge in [0.15, 0.2) is 0 Å². The second kappa shape index (κ2) is 6.52. The van der Waals surface area contributed by atoms with Gasteiger partial charge in [-0.25, -0.2) is 4.79 Å². The molecule has 1 aromatic carbocycles. The van der Waals surface area contributed by atoms with Crippen LogP contribution in [-0.4, -0.2) is 28.8 Å². The Morgan fingerprint density at radius 1 is 1.14 bits per heavy atom. The predicted octanol–water partition coefficient (Wildman–Crippen LogP) is 2.15. The van der Waals surface area contributed by atoms with Crippen molar-refractivity contribution in [3.8, 4) is 0 Å². The first-order valence-corrected chi connectivity index (χ1v) is 6.75. The molecule has 5 nitrogen and oxygen atoms in total. The third kappa shape index (κ3) is 5.02. The van der Waals surface area contributed by atoms with Gasteiger partial charge in [0.25, 0.3) is 5.91 Å². The molecule has 1 rings (SSSR count). The number of hydrogen-bond acceptors (Lipinski definition) is 3. The fourth-order valence-corrected chi connectivity index (χ4v) is 1.85. The SMILES string of the molecule is CC(=O)CC(NC(=O)c1ccc(C(C)(C)C)cc1)C(=O)O. The third-order valence-electron chi connectivity index (χ3n) is 3.11. The number of hydrogen-bond donors (Lipinski definition) is 2. The Bertz CT molecular complexity index is 540. The molecule has 2 N–H and O–H groups in total. The standard InChI is InChI=1S/C16H21NO4/c1-10(18)9-13(15(20)21)17-14(19)11-5-7-12(8-6-11)16(2,3)4/h5-8,13H,9H2,1-4H3,(H,17,19)(H,20,21). The average Bonchev–Trinajstić information content (AvgIpc) is 2.36. The maximum absolute atomic E-state index is 12.0. The molecule has 1 amide bonds. The summed E-state index contributed by atoms with van der Waals surface area (Å²) in [6.07, 6.45) is -0.221. The van der Waals surface area contributed by atoms with Crippen molar-refractivity contribution in [1.82, 2.24) is 5.32 Å². The summed E-state index contributed by atoms with van der Waals surface area (Å²) in [4.78, 5) is 34.1. The van der Waals surface area contributed by atoms with E-state index in [1.807, 2.05) is 12.1 Å².